The molecule has 0 bridgehead atoms. The molecule has 1 nitrogen and oxygen atoms in total. The number of thioether (sulfide) groups is 1. The van der Waals surface area contributed by atoms with E-state index in [0.717, 1.165) is 5.25 Å². The molecule has 0 aromatic heterocycles. The number of hydrogen-bond donors (Lipinski definition) is 0. The van der Waals surface area contributed by atoms with Gasteiger partial charge in [0.2, 0.25) is 0 Å². The maximum atomic E-state index is 2.62. The van der Waals surface area contributed by atoms with E-state index >= 15 is 0 Å². The normalized spacial score (nSPS) is 26.3. The van der Waals surface area contributed by atoms with Crippen LogP contribution in [0.5, 0.6) is 0 Å². The van der Waals surface area contributed by atoms with Gasteiger partial charge >= 0.3 is 0 Å². The second-order valence-electron chi connectivity index (χ2n) is 5.29. The lowest BCUT2D eigenvalue weighted by molar-refractivity contribution is 0.235. The van der Waals surface area contributed by atoms with Gasteiger partial charge in [-0.1, -0.05) is 27.7 Å². The summed E-state index contributed by atoms with van der Waals surface area (Å²) in [5, 5.41) is 0.841. The molecule has 0 aromatic rings. The molecule has 2 heteroatoms. The van der Waals surface area contributed by atoms with Gasteiger partial charge in [-0.05, 0) is 18.4 Å². The molecule has 1 unspecified atom stereocenters. The molecule has 13 heavy (non-hydrogen) atoms. The third-order valence-electron chi connectivity index (χ3n) is 2.50. The molecule has 1 rings (SSSR count). The van der Waals surface area contributed by atoms with Crippen LogP contribution in [0, 0.1) is 5.41 Å². The van der Waals surface area contributed by atoms with E-state index < -0.39 is 0 Å². The Hall–Kier alpha value is 0.310. The highest BCUT2D eigenvalue weighted by Crippen LogP contribution is 2.22. The van der Waals surface area contributed by atoms with Crippen LogP contribution in [0.4, 0.5) is 0 Å². The number of rotatable bonds is 2. The average Bonchev–Trinajstić information content (AvgIpc) is 2.00. The molecule has 1 fully saturated rings. The average molecular weight is 201 g/mol. The Labute approximate surface area is 87.3 Å². The molecule has 0 amide bonds. The number of nitrogens with zero attached hydrogens (tertiary/aromatic N) is 1. The Morgan fingerprint density at radius 1 is 1.38 bits per heavy atom. The van der Waals surface area contributed by atoms with Crippen molar-refractivity contribution in [2.75, 3.05) is 25.4 Å². The van der Waals surface area contributed by atoms with Crippen molar-refractivity contribution in [1.82, 2.24) is 4.90 Å². The molecule has 1 aliphatic rings. The van der Waals surface area contributed by atoms with Crippen molar-refractivity contribution in [1.29, 1.82) is 0 Å². The van der Waals surface area contributed by atoms with Gasteiger partial charge in [-0.2, -0.15) is 11.8 Å². The first-order valence-electron chi connectivity index (χ1n) is 5.31. The van der Waals surface area contributed by atoms with E-state index in [0.29, 0.717) is 5.41 Å². The van der Waals surface area contributed by atoms with Crippen LogP contribution in [0.3, 0.4) is 0 Å². The molecule has 1 atom stereocenters. The number of hydrogen-bond acceptors (Lipinski definition) is 2. The fraction of sp³-hybridized carbons (Fsp3) is 1.00. The molecule has 0 spiro atoms. The monoisotopic (exact) mass is 201 g/mol. The van der Waals surface area contributed by atoms with Gasteiger partial charge in [0.15, 0.2) is 0 Å². The second kappa shape index (κ2) is 4.70. The highest BCUT2D eigenvalue weighted by Gasteiger charge is 2.18. The van der Waals surface area contributed by atoms with Crippen molar-refractivity contribution in [2.45, 2.75) is 39.4 Å². The zero-order valence-corrected chi connectivity index (χ0v) is 10.3. The summed E-state index contributed by atoms with van der Waals surface area (Å²) in [5.41, 5.74) is 0.494. The van der Waals surface area contributed by atoms with E-state index in [4.69, 9.17) is 0 Å². The maximum Gasteiger partial charge on any atom is 0.0147 e. The third kappa shape index (κ3) is 4.92. The summed E-state index contributed by atoms with van der Waals surface area (Å²) in [7, 11) is 0. The maximum absolute atomic E-state index is 2.62. The first-order valence-corrected chi connectivity index (χ1v) is 6.36. The van der Waals surface area contributed by atoms with Gasteiger partial charge in [0.05, 0.1) is 0 Å². The van der Waals surface area contributed by atoms with E-state index in [9.17, 15) is 0 Å². The standard InChI is InChI=1S/C11H23NS/c1-10-9-12(7-8-13-10)6-5-11(2,3)4/h10H,5-9H2,1-4H3. The predicted molar refractivity (Wildman–Crippen MR) is 62.4 cm³/mol. The Morgan fingerprint density at radius 3 is 2.62 bits per heavy atom. The first kappa shape index (κ1) is 11.4. The Kier molecular flexibility index (Phi) is 4.11. The first-order chi connectivity index (χ1) is 5.97. The molecule has 78 valence electrons. The van der Waals surface area contributed by atoms with Gasteiger partial charge < -0.3 is 4.90 Å². The zero-order valence-electron chi connectivity index (χ0n) is 9.47. The molecule has 1 aliphatic heterocycles. The SMILES string of the molecule is CC1CN(CCC(C)(C)C)CCS1. The lowest BCUT2D eigenvalue weighted by atomic mass is 9.92. The van der Waals surface area contributed by atoms with Gasteiger partial charge in [0.25, 0.3) is 0 Å². The van der Waals surface area contributed by atoms with Crippen molar-refractivity contribution in [3.8, 4) is 0 Å². The summed E-state index contributed by atoms with van der Waals surface area (Å²) in [6, 6.07) is 0. The summed E-state index contributed by atoms with van der Waals surface area (Å²) in [4.78, 5) is 2.62. The molecule has 0 N–H and O–H groups in total. The summed E-state index contributed by atoms with van der Waals surface area (Å²) < 4.78 is 0. The van der Waals surface area contributed by atoms with Crippen LogP contribution < -0.4 is 0 Å². The van der Waals surface area contributed by atoms with E-state index in [1.807, 2.05) is 0 Å². The molecular weight excluding hydrogens is 178 g/mol. The van der Waals surface area contributed by atoms with Gasteiger partial charge in [0.1, 0.15) is 0 Å². The topological polar surface area (TPSA) is 3.24 Å². The lowest BCUT2D eigenvalue weighted by Gasteiger charge is -2.32. The largest absolute Gasteiger partial charge is 0.301 e. The Bertz CT molecular complexity index is 151. The van der Waals surface area contributed by atoms with Crippen LogP contribution in [0.25, 0.3) is 0 Å². The molecule has 0 radical (unpaired) electrons. The highest BCUT2D eigenvalue weighted by atomic mass is 32.2. The van der Waals surface area contributed by atoms with Gasteiger partial charge in [-0.25, -0.2) is 0 Å². The van der Waals surface area contributed by atoms with Gasteiger partial charge in [-0.3, -0.25) is 0 Å². The third-order valence-corrected chi connectivity index (χ3v) is 3.64. The minimum atomic E-state index is 0.494. The molecule has 1 saturated heterocycles. The van der Waals surface area contributed by atoms with Crippen LogP contribution in [-0.4, -0.2) is 35.5 Å². The van der Waals surface area contributed by atoms with Crippen molar-refractivity contribution in [3.63, 3.8) is 0 Å². The highest BCUT2D eigenvalue weighted by molar-refractivity contribution is 7.99. The minimum Gasteiger partial charge on any atom is -0.301 e. The van der Waals surface area contributed by atoms with Crippen molar-refractivity contribution in [3.05, 3.63) is 0 Å². The smallest absolute Gasteiger partial charge is 0.0147 e. The van der Waals surface area contributed by atoms with Crippen LogP contribution >= 0.6 is 11.8 Å². The predicted octanol–water partition coefficient (Wildman–Crippen LogP) is 2.86. The zero-order chi connectivity index (χ0) is 9.90. The van der Waals surface area contributed by atoms with Crippen molar-refractivity contribution < 1.29 is 0 Å². The lowest BCUT2D eigenvalue weighted by Crippen LogP contribution is -2.38. The molecule has 0 aromatic carbocycles. The van der Waals surface area contributed by atoms with Crippen molar-refractivity contribution >= 4 is 11.8 Å². The van der Waals surface area contributed by atoms with E-state index in [2.05, 4.69) is 44.4 Å². The van der Waals surface area contributed by atoms with E-state index in [1.54, 1.807) is 0 Å². The van der Waals surface area contributed by atoms with Crippen LogP contribution in [0.2, 0.25) is 0 Å². The Morgan fingerprint density at radius 2 is 2.08 bits per heavy atom. The summed E-state index contributed by atoms with van der Waals surface area (Å²) in [5.74, 6) is 1.32. The Balaban J connectivity index is 2.21. The molecule has 0 aliphatic carbocycles. The van der Waals surface area contributed by atoms with E-state index in [-0.39, 0.29) is 0 Å². The van der Waals surface area contributed by atoms with Crippen LogP contribution in [0.1, 0.15) is 34.1 Å². The van der Waals surface area contributed by atoms with Crippen LogP contribution in [-0.2, 0) is 0 Å². The second-order valence-corrected chi connectivity index (χ2v) is 6.84. The summed E-state index contributed by atoms with van der Waals surface area (Å²) >= 11 is 2.11. The summed E-state index contributed by atoms with van der Waals surface area (Å²) in [6.07, 6.45) is 1.32. The minimum absolute atomic E-state index is 0.494. The van der Waals surface area contributed by atoms with Crippen LogP contribution in [0.15, 0.2) is 0 Å². The van der Waals surface area contributed by atoms with Gasteiger partial charge in [-0.15, -0.1) is 0 Å². The fourth-order valence-corrected chi connectivity index (χ4v) is 2.67. The van der Waals surface area contributed by atoms with Gasteiger partial charge in [0, 0.05) is 24.1 Å². The quantitative estimate of drug-likeness (QED) is 0.676. The molecular formula is C11H23NS. The fourth-order valence-electron chi connectivity index (χ4n) is 1.59. The van der Waals surface area contributed by atoms with E-state index in [1.165, 1.54) is 31.8 Å². The molecule has 1 heterocycles. The van der Waals surface area contributed by atoms with Crippen molar-refractivity contribution in [2.24, 2.45) is 5.41 Å². The molecule has 0 saturated carbocycles. The summed E-state index contributed by atoms with van der Waals surface area (Å²) in [6.45, 7) is 13.2.